The SMILES string of the molecule is CN1CCN(c2ccc(CNC3=N/C(=C\c4c[nH]c5ncccc45)C(=O)N3)cc2)CC1.Cl.Cl. The highest BCUT2D eigenvalue weighted by Crippen LogP contribution is 2.20. The zero-order valence-electron chi connectivity index (χ0n) is 18.2. The molecule has 3 aromatic rings. The molecule has 10 heteroatoms. The number of nitrogens with zero attached hydrogens (tertiary/aromatic N) is 4. The van der Waals surface area contributed by atoms with Crippen LogP contribution in [0.1, 0.15) is 11.1 Å². The van der Waals surface area contributed by atoms with Gasteiger partial charge >= 0.3 is 0 Å². The summed E-state index contributed by atoms with van der Waals surface area (Å²) >= 11 is 0. The van der Waals surface area contributed by atoms with E-state index in [1.54, 1.807) is 12.3 Å². The number of aromatic nitrogens is 2. The predicted octanol–water partition coefficient (Wildman–Crippen LogP) is 2.77. The van der Waals surface area contributed by atoms with Crippen molar-refractivity contribution in [2.75, 3.05) is 38.1 Å². The normalized spacial score (nSPS) is 17.4. The van der Waals surface area contributed by atoms with Crippen LogP contribution in [0.4, 0.5) is 5.69 Å². The molecule has 4 heterocycles. The van der Waals surface area contributed by atoms with Crippen LogP contribution in [0.25, 0.3) is 17.1 Å². The average molecular weight is 488 g/mol. The standard InChI is InChI=1S/C23H25N7O.2ClH/c1-29-9-11-30(12-10-29)18-6-4-16(5-7-18)14-26-23-27-20(22(31)28-23)13-17-15-25-21-19(17)3-2-8-24-21;;/h2-8,13,15H,9-12,14H2,1H3,(H,24,25)(H2,26,27,28,31);2*1H/b20-13-;;. The van der Waals surface area contributed by atoms with E-state index < -0.39 is 0 Å². The van der Waals surface area contributed by atoms with E-state index in [1.807, 2.05) is 18.3 Å². The number of aromatic amines is 1. The van der Waals surface area contributed by atoms with E-state index in [4.69, 9.17) is 0 Å². The number of hydrogen-bond donors (Lipinski definition) is 3. The van der Waals surface area contributed by atoms with Crippen molar-refractivity contribution in [3.8, 4) is 0 Å². The number of carbonyl (C=O) groups excluding carboxylic acids is 1. The van der Waals surface area contributed by atoms with E-state index in [0.717, 1.165) is 48.3 Å². The number of guanidine groups is 1. The summed E-state index contributed by atoms with van der Waals surface area (Å²) in [6.07, 6.45) is 5.34. The van der Waals surface area contributed by atoms with Gasteiger partial charge in [-0.2, -0.15) is 0 Å². The first-order valence-corrected chi connectivity index (χ1v) is 10.5. The van der Waals surface area contributed by atoms with E-state index in [9.17, 15) is 4.79 Å². The van der Waals surface area contributed by atoms with Gasteiger partial charge in [0.2, 0.25) is 5.96 Å². The fraction of sp³-hybridized carbons (Fsp3) is 0.261. The zero-order chi connectivity index (χ0) is 21.2. The van der Waals surface area contributed by atoms with Gasteiger partial charge in [-0.15, -0.1) is 24.8 Å². The Morgan fingerprint density at radius 1 is 1.09 bits per heavy atom. The van der Waals surface area contributed by atoms with Crippen LogP contribution in [-0.2, 0) is 11.3 Å². The molecule has 0 aliphatic carbocycles. The molecule has 0 spiro atoms. The molecule has 0 unspecified atom stereocenters. The largest absolute Gasteiger partial charge is 0.369 e. The number of nitrogens with one attached hydrogen (secondary N) is 3. The molecule has 2 aromatic heterocycles. The number of aliphatic imine (C=N–C) groups is 1. The van der Waals surface area contributed by atoms with Crippen LogP contribution < -0.4 is 15.5 Å². The minimum Gasteiger partial charge on any atom is -0.369 e. The van der Waals surface area contributed by atoms with Crippen molar-refractivity contribution < 1.29 is 4.79 Å². The number of likely N-dealkylation sites (N-methyl/N-ethyl adjacent to an activating group) is 1. The molecule has 8 nitrogen and oxygen atoms in total. The number of H-pyrrole nitrogens is 1. The molecule has 1 saturated heterocycles. The Labute approximate surface area is 205 Å². The number of piperazine rings is 1. The van der Waals surface area contributed by atoms with Crippen molar-refractivity contribution in [2.24, 2.45) is 4.99 Å². The first-order chi connectivity index (χ1) is 15.2. The summed E-state index contributed by atoms with van der Waals surface area (Å²) in [5, 5.41) is 6.97. The summed E-state index contributed by atoms with van der Waals surface area (Å²) < 4.78 is 0. The fourth-order valence-electron chi connectivity index (χ4n) is 3.87. The predicted molar refractivity (Wildman–Crippen MR) is 137 cm³/mol. The quantitative estimate of drug-likeness (QED) is 0.492. The van der Waals surface area contributed by atoms with Crippen molar-refractivity contribution in [1.82, 2.24) is 25.5 Å². The molecule has 0 atom stereocenters. The Morgan fingerprint density at radius 3 is 2.61 bits per heavy atom. The van der Waals surface area contributed by atoms with E-state index in [-0.39, 0.29) is 30.7 Å². The number of anilines is 1. The molecule has 5 rings (SSSR count). The summed E-state index contributed by atoms with van der Waals surface area (Å²) in [5.41, 5.74) is 4.43. The van der Waals surface area contributed by atoms with Crippen molar-refractivity contribution in [1.29, 1.82) is 0 Å². The zero-order valence-corrected chi connectivity index (χ0v) is 19.9. The lowest BCUT2D eigenvalue weighted by molar-refractivity contribution is -0.115. The Morgan fingerprint density at radius 2 is 1.85 bits per heavy atom. The van der Waals surface area contributed by atoms with Crippen molar-refractivity contribution in [2.45, 2.75) is 6.54 Å². The molecule has 3 N–H and O–H groups in total. The lowest BCUT2D eigenvalue weighted by Gasteiger charge is -2.34. The van der Waals surface area contributed by atoms with Crippen molar-refractivity contribution >= 4 is 59.5 Å². The third-order valence-corrected chi connectivity index (χ3v) is 5.74. The van der Waals surface area contributed by atoms with Gasteiger partial charge in [0.25, 0.3) is 5.91 Å². The van der Waals surface area contributed by atoms with Crippen molar-refractivity contribution in [3.63, 3.8) is 0 Å². The monoisotopic (exact) mass is 487 g/mol. The minimum atomic E-state index is -0.217. The summed E-state index contributed by atoms with van der Waals surface area (Å²) in [5.74, 6) is 0.253. The van der Waals surface area contributed by atoms with E-state index in [0.29, 0.717) is 18.2 Å². The molecular formula is C23H27Cl2N7O. The molecule has 2 aliphatic heterocycles. The second-order valence-electron chi connectivity index (χ2n) is 7.90. The molecule has 0 saturated carbocycles. The Balaban J connectivity index is 0.00000153. The van der Waals surface area contributed by atoms with Crippen LogP contribution in [0.3, 0.4) is 0 Å². The third kappa shape index (κ3) is 5.47. The lowest BCUT2D eigenvalue weighted by atomic mass is 10.2. The van der Waals surface area contributed by atoms with Crippen LogP contribution >= 0.6 is 24.8 Å². The second kappa shape index (κ2) is 10.7. The van der Waals surface area contributed by atoms with Gasteiger partial charge in [0.15, 0.2) is 0 Å². The summed E-state index contributed by atoms with van der Waals surface area (Å²) in [6.45, 7) is 4.88. The smallest absolute Gasteiger partial charge is 0.276 e. The maximum Gasteiger partial charge on any atom is 0.276 e. The Hall–Kier alpha value is -3.07. The molecular weight excluding hydrogens is 461 g/mol. The first kappa shape index (κ1) is 24.6. The number of hydrogen-bond acceptors (Lipinski definition) is 6. The van der Waals surface area contributed by atoms with Crippen LogP contribution in [0.2, 0.25) is 0 Å². The summed E-state index contributed by atoms with van der Waals surface area (Å²) in [7, 11) is 2.16. The molecule has 2 aliphatic rings. The molecule has 174 valence electrons. The highest BCUT2D eigenvalue weighted by atomic mass is 35.5. The number of rotatable bonds is 4. The molecule has 1 fully saturated rings. The highest BCUT2D eigenvalue weighted by Gasteiger charge is 2.20. The van der Waals surface area contributed by atoms with E-state index in [1.165, 1.54) is 5.69 Å². The highest BCUT2D eigenvalue weighted by molar-refractivity contribution is 6.14. The number of benzene rings is 1. The van der Waals surface area contributed by atoms with Gasteiger partial charge in [0, 0.05) is 61.8 Å². The maximum atomic E-state index is 12.3. The maximum absolute atomic E-state index is 12.3. The first-order valence-electron chi connectivity index (χ1n) is 10.5. The van der Waals surface area contributed by atoms with Gasteiger partial charge < -0.3 is 20.1 Å². The van der Waals surface area contributed by atoms with E-state index in [2.05, 4.69) is 66.7 Å². The molecule has 0 bridgehead atoms. The van der Waals surface area contributed by atoms with Gasteiger partial charge in [-0.1, -0.05) is 12.1 Å². The lowest BCUT2D eigenvalue weighted by Crippen LogP contribution is -2.44. The molecule has 0 radical (unpaired) electrons. The Bertz CT molecular complexity index is 1170. The second-order valence-corrected chi connectivity index (χ2v) is 7.90. The number of halogens is 2. The Kier molecular flexibility index (Phi) is 7.97. The minimum absolute atomic E-state index is 0. The van der Waals surface area contributed by atoms with E-state index >= 15 is 0 Å². The average Bonchev–Trinajstić information content (AvgIpc) is 3.37. The van der Waals surface area contributed by atoms with Crippen LogP contribution in [0.15, 0.2) is 59.5 Å². The number of fused-ring (bicyclic) bond motifs is 1. The van der Waals surface area contributed by atoms with Crippen LogP contribution in [0, 0.1) is 0 Å². The van der Waals surface area contributed by atoms with Gasteiger partial charge in [-0.25, -0.2) is 9.98 Å². The number of carbonyl (C=O) groups is 1. The van der Waals surface area contributed by atoms with Gasteiger partial charge in [-0.05, 0) is 43.0 Å². The molecule has 33 heavy (non-hydrogen) atoms. The van der Waals surface area contributed by atoms with Gasteiger partial charge in [-0.3, -0.25) is 10.1 Å². The summed E-state index contributed by atoms with van der Waals surface area (Å²) in [4.78, 5) is 28.9. The topological polar surface area (TPSA) is 88.7 Å². The van der Waals surface area contributed by atoms with Gasteiger partial charge in [0.05, 0.1) is 0 Å². The van der Waals surface area contributed by atoms with Crippen molar-refractivity contribution in [3.05, 3.63) is 65.6 Å². The third-order valence-electron chi connectivity index (χ3n) is 5.74. The molecule has 1 amide bonds. The number of amides is 1. The number of pyridine rings is 1. The van der Waals surface area contributed by atoms with Gasteiger partial charge in [0.1, 0.15) is 11.3 Å². The fourth-order valence-corrected chi connectivity index (χ4v) is 3.87. The molecule has 1 aromatic carbocycles. The van der Waals surface area contributed by atoms with Crippen LogP contribution in [0.5, 0.6) is 0 Å². The van der Waals surface area contributed by atoms with Crippen LogP contribution in [-0.4, -0.2) is 60.0 Å². The summed E-state index contributed by atoms with van der Waals surface area (Å²) in [6, 6.07) is 12.4.